The molecule has 0 atom stereocenters. The SMILES string of the molecule is Cc1cccc(C(C)(C)C)c1CCc1cnc(-n2cc(CO)nn2)nc1. The second-order valence-corrected chi connectivity index (χ2v) is 7.55. The molecule has 0 aliphatic carbocycles. The average molecular weight is 351 g/mol. The van der Waals surface area contributed by atoms with Crippen LogP contribution in [-0.4, -0.2) is 30.1 Å². The van der Waals surface area contributed by atoms with Gasteiger partial charge in [0.15, 0.2) is 0 Å². The normalized spacial score (nSPS) is 11.7. The zero-order valence-electron chi connectivity index (χ0n) is 15.8. The van der Waals surface area contributed by atoms with Gasteiger partial charge in [-0.3, -0.25) is 0 Å². The van der Waals surface area contributed by atoms with E-state index in [4.69, 9.17) is 5.11 Å². The van der Waals surface area contributed by atoms with Gasteiger partial charge in [-0.25, -0.2) is 9.97 Å². The highest BCUT2D eigenvalue weighted by Crippen LogP contribution is 2.28. The molecule has 1 N–H and O–H groups in total. The molecule has 3 aromatic rings. The number of aryl methyl sites for hydroxylation is 2. The highest BCUT2D eigenvalue weighted by atomic mass is 16.3. The molecule has 2 heterocycles. The Morgan fingerprint density at radius 1 is 1.08 bits per heavy atom. The third-order valence-corrected chi connectivity index (χ3v) is 4.48. The Kier molecular flexibility index (Phi) is 5.13. The predicted molar refractivity (Wildman–Crippen MR) is 100 cm³/mol. The number of aliphatic hydroxyl groups excluding tert-OH is 1. The van der Waals surface area contributed by atoms with Crippen molar-refractivity contribution in [2.24, 2.45) is 0 Å². The topological polar surface area (TPSA) is 76.7 Å². The quantitative estimate of drug-likeness (QED) is 0.765. The van der Waals surface area contributed by atoms with Gasteiger partial charge in [-0.2, -0.15) is 4.68 Å². The summed E-state index contributed by atoms with van der Waals surface area (Å²) in [7, 11) is 0. The van der Waals surface area contributed by atoms with Crippen LogP contribution in [0.1, 0.15) is 48.7 Å². The van der Waals surface area contributed by atoms with E-state index in [2.05, 4.69) is 66.2 Å². The number of hydrogen-bond acceptors (Lipinski definition) is 5. The summed E-state index contributed by atoms with van der Waals surface area (Å²) in [6, 6.07) is 6.54. The van der Waals surface area contributed by atoms with E-state index in [0.717, 1.165) is 18.4 Å². The minimum Gasteiger partial charge on any atom is -0.390 e. The van der Waals surface area contributed by atoms with Crippen LogP contribution < -0.4 is 0 Å². The standard InChI is InChI=1S/C20H25N5O/c1-14-6-5-7-18(20(2,3)4)17(14)9-8-15-10-21-19(22-11-15)25-12-16(13-26)23-24-25/h5-7,10-12,26H,8-9,13H2,1-4H3. The molecular formula is C20H25N5O. The van der Waals surface area contributed by atoms with Gasteiger partial charge in [0.1, 0.15) is 5.69 Å². The number of nitrogens with zero attached hydrogens (tertiary/aromatic N) is 5. The van der Waals surface area contributed by atoms with Gasteiger partial charge in [-0.05, 0) is 47.4 Å². The molecule has 3 rings (SSSR count). The van der Waals surface area contributed by atoms with Crippen molar-refractivity contribution in [1.82, 2.24) is 25.0 Å². The van der Waals surface area contributed by atoms with E-state index in [1.54, 1.807) is 6.20 Å². The molecule has 6 nitrogen and oxygen atoms in total. The summed E-state index contributed by atoms with van der Waals surface area (Å²) >= 11 is 0. The Balaban J connectivity index is 1.75. The van der Waals surface area contributed by atoms with Crippen LogP contribution in [0.25, 0.3) is 5.95 Å². The van der Waals surface area contributed by atoms with Gasteiger partial charge in [0.05, 0.1) is 12.8 Å². The molecule has 6 heteroatoms. The third-order valence-electron chi connectivity index (χ3n) is 4.48. The van der Waals surface area contributed by atoms with E-state index in [1.165, 1.54) is 21.4 Å². The fourth-order valence-corrected chi connectivity index (χ4v) is 3.07. The van der Waals surface area contributed by atoms with E-state index in [9.17, 15) is 0 Å². The second kappa shape index (κ2) is 7.33. The van der Waals surface area contributed by atoms with Crippen molar-refractivity contribution in [3.63, 3.8) is 0 Å². The molecular weight excluding hydrogens is 326 g/mol. The van der Waals surface area contributed by atoms with Crippen LogP contribution in [0.4, 0.5) is 0 Å². The third kappa shape index (κ3) is 3.96. The Bertz CT molecular complexity index is 878. The molecule has 0 aliphatic heterocycles. The molecule has 0 unspecified atom stereocenters. The first kappa shape index (κ1) is 18.2. The monoisotopic (exact) mass is 351 g/mol. The van der Waals surface area contributed by atoms with Crippen LogP contribution in [0.2, 0.25) is 0 Å². The molecule has 26 heavy (non-hydrogen) atoms. The van der Waals surface area contributed by atoms with E-state index in [1.807, 2.05) is 12.4 Å². The Hall–Kier alpha value is -2.60. The maximum Gasteiger partial charge on any atom is 0.251 e. The highest BCUT2D eigenvalue weighted by molar-refractivity contribution is 5.39. The number of rotatable bonds is 5. The summed E-state index contributed by atoms with van der Waals surface area (Å²) in [5, 5.41) is 16.8. The maximum absolute atomic E-state index is 9.07. The van der Waals surface area contributed by atoms with E-state index in [0.29, 0.717) is 11.6 Å². The minimum atomic E-state index is -0.148. The summed E-state index contributed by atoms with van der Waals surface area (Å²) in [6.07, 6.45) is 7.13. The zero-order valence-corrected chi connectivity index (χ0v) is 15.8. The van der Waals surface area contributed by atoms with Crippen molar-refractivity contribution in [2.45, 2.75) is 52.6 Å². The molecule has 0 saturated heterocycles. The summed E-state index contributed by atoms with van der Waals surface area (Å²) in [4.78, 5) is 8.74. The highest BCUT2D eigenvalue weighted by Gasteiger charge is 2.18. The lowest BCUT2D eigenvalue weighted by Gasteiger charge is -2.24. The molecule has 0 fully saturated rings. The summed E-state index contributed by atoms with van der Waals surface area (Å²) in [5.74, 6) is 0.451. The number of benzene rings is 1. The van der Waals surface area contributed by atoms with Crippen LogP contribution in [0.15, 0.2) is 36.8 Å². The smallest absolute Gasteiger partial charge is 0.251 e. The first-order valence-electron chi connectivity index (χ1n) is 8.81. The first-order valence-corrected chi connectivity index (χ1v) is 8.81. The van der Waals surface area contributed by atoms with Gasteiger partial charge in [0.25, 0.3) is 5.95 Å². The molecule has 136 valence electrons. The van der Waals surface area contributed by atoms with Gasteiger partial charge in [-0.1, -0.05) is 44.2 Å². The van der Waals surface area contributed by atoms with Crippen molar-refractivity contribution < 1.29 is 5.11 Å². The molecule has 0 spiro atoms. The van der Waals surface area contributed by atoms with Crippen molar-refractivity contribution in [3.8, 4) is 5.95 Å². The van der Waals surface area contributed by atoms with Crippen LogP contribution in [0.3, 0.4) is 0 Å². The molecule has 2 aromatic heterocycles. The van der Waals surface area contributed by atoms with Crippen molar-refractivity contribution in [2.75, 3.05) is 0 Å². The fraction of sp³-hybridized carbons (Fsp3) is 0.400. The molecule has 1 aromatic carbocycles. The fourth-order valence-electron chi connectivity index (χ4n) is 3.07. The number of aliphatic hydroxyl groups is 1. The predicted octanol–water partition coefficient (Wildman–Crippen LogP) is 2.94. The van der Waals surface area contributed by atoms with Crippen LogP contribution in [0.5, 0.6) is 0 Å². The minimum absolute atomic E-state index is 0.124. The zero-order chi connectivity index (χ0) is 18.7. The Morgan fingerprint density at radius 3 is 2.42 bits per heavy atom. The average Bonchev–Trinajstić information content (AvgIpc) is 3.09. The van der Waals surface area contributed by atoms with Crippen molar-refractivity contribution in [1.29, 1.82) is 0 Å². The maximum atomic E-state index is 9.07. The van der Waals surface area contributed by atoms with Crippen molar-refractivity contribution in [3.05, 3.63) is 64.7 Å². The Morgan fingerprint density at radius 2 is 1.81 bits per heavy atom. The number of hydrogen-bond donors (Lipinski definition) is 1. The molecule has 0 aliphatic rings. The lowest BCUT2D eigenvalue weighted by atomic mass is 9.81. The molecule has 0 saturated carbocycles. The van der Waals surface area contributed by atoms with Crippen molar-refractivity contribution >= 4 is 0 Å². The van der Waals surface area contributed by atoms with Gasteiger partial charge in [-0.15, -0.1) is 5.10 Å². The lowest BCUT2D eigenvalue weighted by molar-refractivity contribution is 0.276. The van der Waals surface area contributed by atoms with Crippen LogP contribution in [0, 0.1) is 6.92 Å². The first-order chi connectivity index (χ1) is 12.4. The second-order valence-electron chi connectivity index (χ2n) is 7.55. The van der Waals surface area contributed by atoms with Crippen LogP contribution >= 0.6 is 0 Å². The summed E-state index contributed by atoms with van der Waals surface area (Å²) in [5.41, 5.74) is 5.83. The van der Waals surface area contributed by atoms with E-state index in [-0.39, 0.29) is 12.0 Å². The van der Waals surface area contributed by atoms with Gasteiger partial charge in [0, 0.05) is 12.4 Å². The van der Waals surface area contributed by atoms with Gasteiger partial charge in [0.2, 0.25) is 0 Å². The Labute approximate surface area is 153 Å². The largest absolute Gasteiger partial charge is 0.390 e. The number of aromatic nitrogens is 5. The molecule has 0 amide bonds. The van der Waals surface area contributed by atoms with Gasteiger partial charge >= 0.3 is 0 Å². The summed E-state index contributed by atoms with van der Waals surface area (Å²) in [6.45, 7) is 8.78. The van der Waals surface area contributed by atoms with Gasteiger partial charge < -0.3 is 5.11 Å². The summed E-state index contributed by atoms with van der Waals surface area (Å²) < 4.78 is 1.47. The molecule has 0 radical (unpaired) electrons. The van der Waals surface area contributed by atoms with E-state index >= 15 is 0 Å². The van der Waals surface area contributed by atoms with E-state index < -0.39 is 0 Å². The van der Waals surface area contributed by atoms with Crippen LogP contribution in [-0.2, 0) is 24.9 Å². The lowest BCUT2D eigenvalue weighted by Crippen LogP contribution is -2.15. The molecule has 0 bridgehead atoms.